The number of piperidine rings is 1. The van der Waals surface area contributed by atoms with E-state index in [0.29, 0.717) is 13.0 Å². The van der Waals surface area contributed by atoms with Gasteiger partial charge in [-0.3, -0.25) is 14.6 Å². The quantitative estimate of drug-likeness (QED) is 0.773. The lowest BCUT2D eigenvalue weighted by Gasteiger charge is -2.31. The second-order valence-electron chi connectivity index (χ2n) is 7.18. The number of carbonyl (C=O) groups is 2. The third-order valence-electron chi connectivity index (χ3n) is 4.79. The number of alkyl halides is 3. The molecule has 1 atom stereocenters. The molecule has 1 N–H and O–H groups in total. The van der Waals surface area contributed by atoms with Crippen LogP contribution in [0.15, 0.2) is 30.5 Å². The van der Waals surface area contributed by atoms with Crippen LogP contribution in [0.1, 0.15) is 35.7 Å². The van der Waals surface area contributed by atoms with Gasteiger partial charge in [0.15, 0.2) is 0 Å². The smallest absolute Gasteiger partial charge is 0.355 e. The SMILES string of the molecule is Cc1cc(C(F)(F)F)nc(CCNC(=O)[C@@H]2CCC(=O)N(Cc3ccccn3)C2)n1. The normalized spacial score (nSPS) is 17.1. The summed E-state index contributed by atoms with van der Waals surface area (Å²) in [6, 6.07) is 6.32. The third-order valence-corrected chi connectivity index (χ3v) is 4.79. The zero-order valence-electron chi connectivity index (χ0n) is 16.4. The van der Waals surface area contributed by atoms with Crippen LogP contribution in [0.4, 0.5) is 13.2 Å². The number of hydrogen-bond acceptors (Lipinski definition) is 5. The van der Waals surface area contributed by atoms with Crippen molar-refractivity contribution in [3.63, 3.8) is 0 Å². The standard InChI is InChI=1S/C20H22F3N5O2/c1-13-10-16(20(21,22)23)27-17(26-13)7-9-25-19(30)14-5-6-18(29)28(11-14)12-15-4-2-3-8-24-15/h2-4,8,10,14H,5-7,9,11-12H2,1H3,(H,25,30)/t14-/m1/s1. The first-order valence-electron chi connectivity index (χ1n) is 9.59. The van der Waals surface area contributed by atoms with Crippen molar-refractivity contribution in [2.45, 2.75) is 38.9 Å². The van der Waals surface area contributed by atoms with Crippen molar-refractivity contribution >= 4 is 11.8 Å². The summed E-state index contributed by atoms with van der Waals surface area (Å²) in [5, 5.41) is 2.72. The Morgan fingerprint density at radius 1 is 1.30 bits per heavy atom. The van der Waals surface area contributed by atoms with E-state index in [0.717, 1.165) is 11.8 Å². The van der Waals surface area contributed by atoms with Crippen molar-refractivity contribution in [1.29, 1.82) is 0 Å². The zero-order valence-corrected chi connectivity index (χ0v) is 16.4. The van der Waals surface area contributed by atoms with Gasteiger partial charge < -0.3 is 10.2 Å². The maximum Gasteiger partial charge on any atom is 0.433 e. The van der Waals surface area contributed by atoms with Crippen molar-refractivity contribution in [2.75, 3.05) is 13.1 Å². The molecule has 3 heterocycles. The van der Waals surface area contributed by atoms with E-state index in [2.05, 4.69) is 20.3 Å². The van der Waals surface area contributed by atoms with Crippen molar-refractivity contribution in [3.8, 4) is 0 Å². The number of hydrogen-bond donors (Lipinski definition) is 1. The number of aryl methyl sites for hydroxylation is 1. The minimum absolute atomic E-state index is 0.0261. The molecule has 0 unspecified atom stereocenters. The number of rotatable bonds is 6. The fraction of sp³-hybridized carbons (Fsp3) is 0.450. The van der Waals surface area contributed by atoms with E-state index in [-0.39, 0.29) is 55.2 Å². The topological polar surface area (TPSA) is 88.1 Å². The Morgan fingerprint density at radius 3 is 2.80 bits per heavy atom. The van der Waals surface area contributed by atoms with Crippen LogP contribution in [0.25, 0.3) is 0 Å². The molecule has 2 aromatic heterocycles. The van der Waals surface area contributed by atoms with Crippen molar-refractivity contribution in [3.05, 3.63) is 53.4 Å². The van der Waals surface area contributed by atoms with Gasteiger partial charge in [-0.05, 0) is 31.5 Å². The third kappa shape index (κ3) is 5.74. The lowest BCUT2D eigenvalue weighted by molar-refractivity contribution is -0.141. The Balaban J connectivity index is 1.53. The Morgan fingerprint density at radius 2 is 2.10 bits per heavy atom. The summed E-state index contributed by atoms with van der Waals surface area (Å²) < 4.78 is 38.6. The highest BCUT2D eigenvalue weighted by Crippen LogP contribution is 2.27. The number of amides is 2. The molecular weight excluding hydrogens is 399 g/mol. The highest BCUT2D eigenvalue weighted by atomic mass is 19.4. The van der Waals surface area contributed by atoms with E-state index >= 15 is 0 Å². The Kier molecular flexibility index (Phi) is 6.63. The molecule has 1 fully saturated rings. The van der Waals surface area contributed by atoms with Gasteiger partial charge in [-0.25, -0.2) is 9.97 Å². The average Bonchev–Trinajstić information content (AvgIpc) is 2.69. The Hall–Kier alpha value is -3.04. The van der Waals surface area contributed by atoms with Gasteiger partial charge in [0, 0.05) is 37.8 Å². The van der Waals surface area contributed by atoms with Gasteiger partial charge in [-0.15, -0.1) is 0 Å². The fourth-order valence-corrected chi connectivity index (χ4v) is 3.30. The molecule has 0 spiro atoms. The molecule has 7 nitrogen and oxygen atoms in total. The van der Waals surface area contributed by atoms with Crippen LogP contribution >= 0.6 is 0 Å². The van der Waals surface area contributed by atoms with Crippen LogP contribution in [-0.4, -0.2) is 44.8 Å². The lowest BCUT2D eigenvalue weighted by Crippen LogP contribution is -2.45. The molecule has 30 heavy (non-hydrogen) atoms. The maximum absolute atomic E-state index is 12.9. The minimum atomic E-state index is -4.54. The van der Waals surface area contributed by atoms with Crippen LogP contribution in [0, 0.1) is 12.8 Å². The molecule has 1 saturated heterocycles. The van der Waals surface area contributed by atoms with Crippen LogP contribution in [0.2, 0.25) is 0 Å². The van der Waals surface area contributed by atoms with E-state index in [1.807, 2.05) is 12.1 Å². The van der Waals surface area contributed by atoms with Gasteiger partial charge in [0.25, 0.3) is 0 Å². The number of carbonyl (C=O) groups excluding carboxylic acids is 2. The van der Waals surface area contributed by atoms with Crippen molar-refractivity contribution < 1.29 is 22.8 Å². The Bertz CT molecular complexity index is 905. The van der Waals surface area contributed by atoms with Crippen LogP contribution in [-0.2, 0) is 28.7 Å². The monoisotopic (exact) mass is 421 g/mol. The molecule has 1 aliphatic rings. The summed E-state index contributed by atoms with van der Waals surface area (Å²) in [7, 11) is 0. The fourth-order valence-electron chi connectivity index (χ4n) is 3.30. The predicted molar refractivity (Wildman–Crippen MR) is 101 cm³/mol. The first-order valence-corrected chi connectivity index (χ1v) is 9.59. The van der Waals surface area contributed by atoms with E-state index < -0.39 is 11.9 Å². The van der Waals surface area contributed by atoms with Gasteiger partial charge >= 0.3 is 6.18 Å². The first kappa shape index (κ1) is 21.7. The zero-order chi connectivity index (χ0) is 21.7. The van der Waals surface area contributed by atoms with E-state index in [1.165, 1.54) is 6.92 Å². The van der Waals surface area contributed by atoms with Crippen LogP contribution in [0.5, 0.6) is 0 Å². The number of likely N-dealkylation sites (tertiary alicyclic amines) is 1. The molecule has 3 rings (SSSR count). The van der Waals surface area contributed by atoms with Crippen LogP contribution < -0.4 is 5.32 Å². The lowest BCUT2D eigenvalue weighted by atomic mass is 9.96. The molecular formula is C20H22F3N5O2. The largest absolute Gasteiger partial charge is 0.433 e. The summed E-state index contributed by atoms with van der Waals surface area (Å²) in [5.41, 5.74) is -0.0362. The van der Waals surface area contributed by atoms with E-state index in [4.69, 9.17) is 0 Å². The summed E-state index contributed by atoms with van der Waals surface area (Å²) >= 11 is 0. The van der Waals surface area contributed by atoms with Gasteiger partial charge in [0.2, 0.25) is 11.8 Å². The minimum Gasteiger partial charge on any atom is -0.355 e. The van der Waals surface area contributed by atoms with E-state index in [1.54, 1.807) is 17.2 Å². The van der Waals surface area contributed by atoms with Gasteiger partial charge in [0.1, 0.15) is 11.5 Å². The van der Waals surface area contributed by atoms with Crippen LogP contribution in [0.3, 0.4) is 0 Å². The Labute approximate surface area is 171 Å². The molecule has 2 amide bonds. The second kappa shape index (κ2) is 9.19. The average molecular weight is 421 g/mol. The molecule has 1 aliphatic heterocycles. The molecule has 2 aromatic rings. The number of aromatic nitrogens is 3. The highest BCUT2D eigenvalue weighted by molar-refractivity contribution is 5.83. The molecule has 0 aromatic carbocycles. The van der Waals surface area contributed by atoms with Gasteiger partial charge in [0.05, 0.1) is 18.2 Å². The highest BCUT2D eigenvalue weighted by Gasteiger charge is 2.33. The number of nitrogens with zero attached hydrogens (tertiary/aromatic N) is 4. The summed E-state index contributed by atoms with van der Waals surface area (Å²) in [6.45, 7) is 2.19. The van der Waals surface area contributed by atoms with Crippen molar-refractivity contribution in [1.82, 2.24) is 25.2 Å². The molecule has 0 radical (unpaired) electrons. The summed E-state index contributed by atoms with van der Waals surface area (Å²) in [4.78, 5) is 38.0. The molecule has 0 saturated carbocycles. The first-order chi connectivity index (χ1) is 14.2. The maximum atomic E-state index is 12.9. The molecule has 160 valence electrons. The summed E-state index contributed by atoms with van der Waals surface area (Å²) in [5.74, 6) is -0.622. The van der Waals surface area contributed by atoms with Gasteiger partial charge in [-0.1, -0.05) is 6.07 Å². The molecule has 0 aliphatic carbocycles. The summed E-state index contributed by atoms with van der Waals surface area (Å²) in [6.07, 6.45) is -2.12. The predicted octanol–water partition coefficient (Wildman–Crippen LogP) is 2.30. The number of halogens is 3. The number of nitrogens with one attached hydrogen (secondary N) is 1. The molecule has 10 heteroatoms. The van der Waals surface area contributed by atoms with Gasteiger partial charge in [-0.2, -0.15) is 13.2 Å². The van der Waals surface area contributed by atoms with Crippen molar-refractivity contribution in [2.24, 2.45) is 5.92 Å². The molecule has 0 bridgehead atoms. The second-order valence-corrected chi connectivity index (χ2v) is 7.18. The van der Waals surface area contributed by atoms with E-state index in [9.17, 15) is 22.8 Å². The number of pyridine rings is 1.